The van der Waals surface area contributed by atoms with Crippen molar-refractivity contribution in [2.24, 2.45) is 5.92 Å². The molecule has 4 heteroatoms. The highest BCUT2D eigenvalue weighted by Crippen LogP contribution is 2.28. The first-order valence-electron chi connectivity index (χ1n) is 6.95. The molecule has 2 aliphatic rings. The van der Waals surface area contributed by atoms with Crippen molar-refractivity contribution in [2.45, 2.75) is 57.1 Å². The molecular weight excluding hydrogens is 216 g/mol. The summed E-state index contributed by atoms with van der Waals surface area (Å²) < 4.78 is 0. The van der Waals surface area contributed by atoms with E-state index in [1.165, 1.54) is 25.7 Å². The fraction of sp³-hybridized carbons (Fsp3) is 0.923. The van der Waals surface area contributed by atoms with Gasteiger partial charge in [-0.05, 0) is 25.2 Å². The molecule has 1 saturated carbocycles. The van der Waals surface area contributed by atoms with Crippen molar-refractivity contribution in [3.63, 3.8) is 0 Å². The maximum atomic E-state index is 11.5. The molecule has 4 nitrogen and oxygen atoms in total. The molecule has 1 heterocycles. The predicted octanol–water partition coefficient (Wildman–Crippen LogP) is 0.796. The maximum Gasteiger partial charge on any atom is 0.237 e. The van der Waals surface area contributed by atoms with Gasteiger partial charge in [0.1, 0.15) is 0 Å². The Bertz CT molecular complexity index is 252. The van der Waals surface area contributed by atoms with Crippen LogP contribution in [-0.2, 0) is 4.79 Å². The summed E-state index contributed by atoms with van der Waals surface area (Å²) in [5, 5.41) is 16.0. The van der Waals surface area contributed by atoms with Gasteiger partial charge in [0.25, 0.3) is 0 Å². The molecule has 0 aromatic carbocycles. The van der Waals surface area contributed by atoms with E-state index in [2.05, 4.69) is 10.6 Å². The van der Waals surface area contributed by atoms with Crippen molar-refractivity contribution < 1.29 is 9.90 Å². The van der Waals surface area contributed by atoms with Gasteiger partial charge in [0.2, 0.25) is 5.91 Å². The standard InChI is InChI=1S/C13H24N2O2/c16-11(8-10-4-1-2-5-10)9-15-12-6-3-7-14-13(12)17/h10-12,15-16H,1-9H2,(H,14,17). The molecule has 1 saturated heterocycles. The topological polar surface area (TPSA) is 61.4 Å². The second-order valence-electron chi connectivity index (χ2n) is 5.43. The Morgan fingerprint density at radius 2 is 2.06 bits per heavy atom. The lowest BCUT2D eigenvalue weighted by molar-refractivity contribution is -0.124. The summed E-state index contributed by atoms with van der Waals surface area (Å²) in [6.45, 7) is 1.34. The zero-order valence-corrected chi connectivity index (χ0v) is 10.5. The summed E-state index contributed by atoms with van der Waals surface area (Å²) in [6.07, 6.45) is 7.67. The molecular formula is C13H24N2O2. The molecule has 1 aliphatic carbocycles. The van der Waals surface area contributed by atoms with Crippen LogP contribution in [0.3, 0.4) is 0 Å². The molecule has 2 unspecified atom stereocenters. The van der Waals surface area contributed by atoms with E-state index in [0.29, 0.717) is 12.5 Å². The zero-order chi connectivity index (χ0) is 12.1. The summed E-state index contributed by atoms with van der Waals surface area (Å²) in [6, 6.07) is -0.0954. The van der Waals surface area contributed by atoms with E-state index in [9.17, 15) is 9.90 Å². The third-order valence-corrected chi connectivity index (χ3v) is 3.97. The first kappa shape index (κ1) is 12.8. The van der Waals surface area contributed by atoms with E-state index in [-0.39, 0.29) is 18.1 Å². The lowest BCUT2D eigenvalue weighted by Crippen LogP contribution is -2.50. The van der Waals surface area contributed by atoms with Crippen LogP contribution < -0.4 is 10.6 Å². The van der Waals surface area contributed by atoms with Crippen molar-refractivity contribution in [2.75, 3.05) is 13.1 Å². The van der Waals surface area contributed by atoms with E-state index >= 15 is 0 Å². The van der Waals surface area contributed by atoms with Gasteiger partial charge < -0.3 is 15.7 Å². The molecule has 0 spiro atoms. The molecule has 0 aromatic heterocycles. The average Bonchev–Trinajstić information content (AvgIpc) is 2.81. The van der Waals surface area contributed by atoms with Crippen LogP contribution in [0.25, 0.3) is 0 Å². The smallest absolute Gasteiger partial charge is 0.237 e. The van der Waals surface area contributed by atoms with Gasteiger partial charge in [-0.3, -0.25) is 4.79 Å². The first-order chi connectivity index (χ1) is 8.25. The van der Waals surface area contributed by atoms with Gasteiger partial charge in [0, 0.05) is 13.1 Å². The number of hydrogen-bond acceptors (Lipinski definition) is 3. The van der Waals surface area contributed by atoms with Crippen molar-refractivity contribution in [3.8, 4) is 0 Å². The molecule has 1 aliphatic heterocycles. The van der Waals surface area contributed by atoms with E-state index < -0.39 is 0 Å². The van der Waals surface area contributed by atoms with Crippen LogP contribution >= 0.6 is 0 Å². The summed E-state index contributed by atoms with van der Waals surface area (Å²) in [5.74, 6) is 0.788. The third-order valence-electron chi connectivity index (χ3n) is 3.97. The molecule has 3 N–H and O–H groups in total. The molecule has 2 fully saturated rings. The minimum atomic E-state index is -0.298. The van der Waals surface area contributed by atoms with Gasteiger partial charge in [-0.15, -0.1) is 0 Å². The normalized spacial score (nSPS) is 28.1. The highest BCUT2D eigenvalue weighted by atomic mass is 16.3. The van der Waals surface area contributed by atoms with Gasteiger partial charge in [-0.2, -0.15) is 0 Å². The molecule has 2 atom stereocenters. The Morgan fingerprint density at radius 3 is 2.76 bits per heavy atom. The average molecular weight is 240 g/mol. The Balaban J connectivity index is 1.64. The number of nitrogens with one attached hydrogen (secondary N) is 2. The summed E-state index contributed by atoms with van der Waals surface area (Å²) >= 11 is 0. The van der Waals surface area contributed by atoms with Gasteiger partial charge in [0.05, 0.1) is 12.1 Å². The number of carbonyl (C=O) groups is 1. The Kier molecular flexibility index (Phi) is 4.80. The second kappa shape index (κ2) is 6.36. The van der Waals surface area contributed by atoms with Gasteiger partial charge in [-0.1, -0.05) is 25.7 Å². The highest BCUT2D eigenvalue weighted by molar-refractivity contribution is 5.82. The van der Waals surface area contributed by atoms with Crippen LogP contribution in [0.5, 0.6) is 0 Å². The van der Waals surface area contributed by atoms with Crippen LogP contribution in [0.1, 0.15) is 44.9 Å². The van der Waals surface area contributed by atoms with Gasteiger partial charge in [0.15, 0.2) is 0 Å². The Morgan fingerprint density at radius 1 is 1.29 bits per heavy atom. The molecule has 1 amide bonds. The number of piperidine rings is 1. The van der Waals surface area contributed by atoms with E-state index in [4.69, 9.17) is 0 Å². The lowest BCUT2D eigenvalue weighted by Gasteiger charge is -2.24. The van der Waals surface area contributed by atoms with Crippen molar-refractivity contribution in [1.82, 2.24) is 10.6 Å². The van der Waals surface area contributed by atoms with Crippen LogP contribution in [0.15, 0.2) is 0 Å². The lowest BCUT2D eigenvalue weighted by atomic mass is 9.99. The molecule has 0 radical (unpaired) electrons. The van der Waals surface area contributed by atoms with Crippen molar-refractivity contribution in [3.05, 3.63) is 0 Å². The molecule has 0 aromatic rings. The number of amides is 1. The van der Waals surface area contributed by atoms with Gasteiger partial charge in [-0.25, -0.2) is 0 Å². The largest absolute Gasteiger partial charge is 0.392 e. The fourth-order valence-electron chi connectivity index (χ4n) is 2.96. The van der Waals surface area contributed by atoms with Crippen LogP contribution in [0, 0.1) is 5.92 Å². The fourth-order valence-corrected chi connectivity index (χ4v) is 2.96. The monoisotopic (exact) mass is 240 g/mol. The van der Waals surface area contributed by atoms with E-state index in [1.807, 2.05) is 0 Å². The van der Waals surface area contributed by atoms with Gasteiger partial charge >= 0.3 is 0 Å². The van der Waals surface area contributed by atoms with Crippen LogP contribution in [0.4, 0.5) is 0 Å². The van der Waals surface area contributed by atoms with Crippen LogP contribution in [0.2, 0.25) is 0 Å². The van der Waals surface area contributed by atoms with Crippen molar-refractivity contribution in [1.29, 1.82) is 0 Å². The Hall–Kier alpha value is -0.610. The predicted molar refractivity (Wildman–Crippen MR) is 66.6 cm³/mol. The van der Waals surface area contributed by atoms with Crippen molar-refractivity contribution >= 4 is 5.91 Å². The summed E-state index contributed by atoms with van der Waals surface area (Å²) in [5.41, 5.74) is 0. The number of carbonyl (C=O) groups excluding carboxylic acids is 1. The number of rotatable bonds is 5. The molecule has 0 bridgehead atoms. The van der Waals surface area contributed by atoms with Crippen LogP contribution in [-0.4, -0.2) is 36.2 Å². The second-order valence-corrected chi connectivity index (χ2v) is 5.43. The summed E-state index contributed by atoms with van der Waals surface area (Å²) in [4.78, 5) is 11.5. The quantitative estimate of drug-likeness (QED) is 0.666. The molecule has 98 valence electrons. The van der Waals surface area contributed by atoms with E-state index in [0.717, 1.165) is 25.8 Å². The number of aliphatic hydroxyl groups is 1. The summed E-state index contributed by atoms with van der Waals surface area (Å²) in [7, 11) is 0. The minimum absolute atomic E-state index is 0.0873. The SMILES string of the molecule is O=C1NCCCC1NCC(O)CC1CCCC1. The van der Waals surface area contributed by atoms with E-state index in [1.54, 1.807) is 0 Å². The highest BCUT2D eigenvalue weighted by Gasteiger charge is 2.23. The maximum absolute atomic E-state index is 11.5. The Labute approximate surface area is 103 Å². The third kappa shape index (κ3) is 3.96. The zero-order valence-electron chi connectivity index (χ0n) is 10.5. The first-order valence-corrected chi connectivity index (χ1v) is 6.95. The number of aliphatic hydroxyl groups excluding tert-OH is 1. The number of hydrogen-bond donors (Lipinski definition) is 3. The molecule has 2 rings (SSSR count). The minimum Gasteiger partial charge on any atom is -0.392 e. The molecule has 17 heavy (non-hydrogen) atoms.